The lowest BCUT2D eigenvalue weighted by Crippen LogP contribution is -2.41. The first-order valence-corrected chi connectivity index (χ1v) is 7.89. The Morgan fingerprint density at radius 2 is 1.76 bits per heavy atom. The molecule has 2 rings (SSSR count). The Bertz CT molecular complexity index is 351. The van der Waals surface area contributed by atoms with Gasteiger partial charge >= 0.3 is 12.1 Å². The average Bonchev–Trinajstić information content (AvgIpc) is 2.45. The van der Waals surface area contributed by atoms with Crippen molar-refractivity contribution >= 4 is 5.97 Å². The van der Waals surface area contributed by atoms with Crippen LogP contribution in [0.3, 0.4) is 0 Å². The van der Waals surface area contributed by atoms with Gasteiger partial charge in [-0.15, -0.1) is 0 Å². The van der Waals surface area contributed by atoms with E-state index < -0.39 is 18.1 Å². The molecule has 21 heavy (non-hydrogen) atoms. The number of rotatable bonds is 4. The Hall–Kier alpha value is -0.780. The minimum atomic E-state index is -4.07. The molecule has 2 N–H and O–H groups in total. The molecule has 2 aliphatic rings. The van der Waals surface area contributed by atoms with Crippen molar-refractivity contribution in [3.8, 4) is 0 Å². The lowest BCUT2D eigenvalue weighted by Gasteiger charge is -2.33. The van der Waals surface area contributed by atoms with E-state index >= 15 is 0 Å². The van der Waals surface area contributed by atoms with E-state index in [1.54, 1.807) is 0 Å². The third-order valence-corrected chi connectivity index (χ3v) is 5.03. The fraction of sp³-hybridized carbons (Fsp3) is 0.933. The summed E-state index contributed by atoms with van der Waals surface area (Å²) in [7, 11) is 0. The van der Waals surface area contributed by atoms with Gasteiger partial charge in [-0.2, -0.15) is 13.2 Å². The SMILES string of the molecule is O=C(O)C1CCC(CNC2CCCC(C(F)(F)F)C2)CC1. The molecule has 0 spiro atoms. The topological polar surface area (TPSA) is 49.3 Å². The maximum Gasteiger partial charge on any atom is 0.391 e. The number of hydrogen-bond donors (Lipinski definition) is 2. The highest BCUT2D eigenvalue weighted by Gasteiger charge is 2.42. The van der Waals surface area contributed by atoms with Crippen LogP contribution in [0.15, 0.2) is 0 Å². The number of halogens is 3. The van der Waals surface area contributed by atoms with Crippen molar-refractivity contribution in [3.05, 3.63) is 0 Å². The molecule has 0 amide bonds. The molecule has 0 bridgehead atoms. The summed E-state index contributed by atoms with van der Waals surface area (Å²) in [6.07, 6.45) is 0.928. The van der Waals surface area contributed by atoms with Gasteiger partial charge in [-0.3, -0.25) is 4.79 Å². The lowest BCUT2D eigenvalue weighted by atomic mass is 9.81. The first-order chi connectivity index (χ1) is 9.86. The van der Waals surface area contributed by atoms with Crippen LogP contribution in [0.4, 0.5) is 13.2 Å². The first kappa shape index (κ1) is 16.6. The molecular weight excluding hydrogens is 283 g/mol. The van der Waals surface area contributed by atoms with Crippen LogP contribution in [-0.4, -0.2) is 29.8 Å². The van der Waals surface area contributed by atoms with Crippen LogP contribution < -0.4 is 5.32 Å². The van der Waals surface area contributed by atoms with Crippen molar-refractivity contribution in [2.75, 3.05) is 6.54 Å². The first-order valence-electron chi connectivity index (χ1n) is 7.89. The zero-order valence-electron chi connectivity index (χ0n) is 12.2. The van der Waals surface area contributed by atoms with E-state index in [4.69, 9.17) is 5.11 Å². The van der Waals surface area contributed by atoms with Crippen LogP contribution in [0.5, 0.6) is 0 Å². The smallest absolute Gasteiger partial charge is 0.391 e. The number of aliphatic carboxylic acids is 1. The Kier molecular flexibility index (Phi) is 5.52. The fourth-order valence-corrected chi connectivity index (χ4v) is 3.62. The van der Waals surface area contributed by atoms with Crippen molar-refractivity contribution < 1.29 is 23.1 Å². The monoisotopic (exact) mass is 307 g/mol. The third-order valence-electron chi connectivity index (χ3n) is 5.03. The van der Waals surface area contributed by atoms with Crippen LogP contribution in [0.2, 0.25) is 0 Å². The van der Waals surface area contributed by atoms with Gasteiger partial charge < -0.3 is 10.4 Å². The Morgan fingerprint density at radius 3 is 2.33 bits per heavy atom. The normalized spacial score (nSPS) is 34.6. The molecule has 2 aliphatic carbocycles. The summed E-state index contributed by atoms with van der Waals surface area (Å²) in [6, 6.07) is -0.0393. The molecule has 3 nitrogen and oxygen atoms in total. The molecule has 0 aromatic carbocycles. The molecule has 0 heterocycles. The lowest BCUT2D eigenvalue weighted by molar-refractivity contribution is -0.183. The van der Waals surface area contributed by atoms with Gasteiger partial charge in [-0.1, -0.05) is 6.42 Å². The molecule has 2 fully saturated rings. The highest BCUT2D eigenvalue weighted by atomic mass is 19.4. The average molecular weight is 307 g/mol. The second-order valence-electron chi connectivity index (χ2n) is 6.57. The van der Waals surface area contributed by atoms with Crippen molar-refractivity contribution in [2.45, 2.75) is 63.6 Å². The molecule has 2 unspecified atom stereocenters. The van der Waals surface area contributed by atoms with E-state index in [2.05, 4.69) is 5.32 Å². The second kappa shape index (κ2) is 6.99. The standard InChI is InChI=1S/C15H24F3NO2/c16-15(17,18)12-2-1-3-13(8-12)19-9-10-4-6-11(7-5-10)14(20)21/h10-13,19H,1-9H2,(H,20,21). The number of carboxylic acids is 1. The highest BCUT2D eigenvalue weighted by molar-refractivity contribution is 5.69. The minimum Gasteiger partial charge on any atom is -0.481 e. The number of carboxylic acid groups (broad SMARTS) is 1. The predicted octanol–water partition coefficient (Wildman–Crippen LogP) is 3.59. The fourth-order valence-electron chi connectivity index (χ4n) is 3.62. The third kappa shape index (κ3) is 4.87. The summed E-state index contributed by atoms with van der Waals surface area (Å²) >= 11 is 0. The molecule has 0 aromatic rings. The van der Waals surface area contributed by atoms with Gasteiger partial charge in [0.1, 0.15) is 0 Å². The predicted molar refractivity (Wildman–Crippen MR) is 72.9 cm³/mol. The summed E-state index contributed by atoms with van der Waals surface area (Å²) in [5, 5.41) is 12.2. The summed E-state index contributed by atoms with van der Waals surface area (Å²) in [5.74, 6) is -1.70. The Balaban J connectivity index is 1.70. The summed E-state index contributed by atoms with van der Waals surface area (Å²) < 4.78 is 38.2. The maximum absolute atomic E-state index is 12.7. The number of carbonyl (C=O) groups is 1. The molecular formula is C15H24F3NO2. The van der Waals surface area contributed by atoms with Crippen molar-refractivity contribution in [1.82, 2.24) is 5.32 Å². The van der Waals surface area contributed by atoms with Gasteiger partial charge in [0.15, 0.2) is 0 Å². The van der Waals surface area contributed by atoms with Crippen LogP contribution in [-0.2, 0) is 4.79 Å². The molecule has 0 aromatic heterocycles. The summed E-state index contributed by atoms with van der Waals surface area (Å²) in [5.41, 5.74) is 0. The number of alkyl halides is 3. The van der Waals surface area contributed by atoms with Gasteiger partial charge in [0.05, 0.1) is 11.8 Å². The molecule has 0 radical (unpaired) electrons. The molecule has 0 aliphatic heterocycles. The zero-order valence-corrected chi connectivity index (χ0v) is 12.2. The summed E-state index contributed by atoms with van der Waals surface area (Å²) in [6.45, 7) is 0.724. The number of nitrogens with one attached hydrogen (secondary N) is 1. The molecule has 0 saturated heterocycles. The van der Waals surface area contributed by atoms with E-state index in [-0.39, 0.29) is 24.8 Å². The van der Waals surface area contributed by atoms with Crippen molar-refractivity contribution in [3.63, 3.8) is 0 Å². The molecule has 6 heteroatoms. The Morgan fingerprint density at radius 1 is 1.10 bits per heavy atom. The second-order valence-corrected chi connectivity index (χ2v) is 6.57. The minimum absolute atomic E-state index is 0.0393. The van der Waals surface area contributed by atoms with Gasteiger partial charge in [-0.05, 0) is 57.4 Å². The van der Waals surface area contributed by atoms with Crippen LogP contribution in [0.25, 0.3) is 0 Å². The highest BCUT2D eigenvalue weighted by Crippen LogP contribution is 2.37. The quantitative estimate of drug-likeness (QED) is 0.834. The van der Waals surface area contributed by atoms with Crippen LogP contribution in [0.1, 0.15) is 51.4 Å². The number of hydrogen-bond acceptors (Lipinski definition) is 2. The largest absolute Gasteiger partial charge is 0.481 e. The van der Waals surface area contributed by atoms with E-state index in [0.29, 0.717) is 25.2 Å². The van der Waals surface area contributed by atoms with E-state index in [9.17, 15) is 18.0 Å². The van der Waals surface area contributed by atoms with Crippen LogP contribution >= 0.6 is 0 Å². The molecule has 122 valence electrons. The van der Waals surface area contributed by atoms with Crippen LogP contribution in [0, 0.1) is 17.8 Å². The van der Waals surface area contributed by atoms with E-state index in [1.165, 1.54) is 0 Å². The zero-order chi connectivity index (χ0) is 15.5. The van der Waals surface area contributed by atoms with Crippen molar-refractivity contribution in [2.24, 2.45) is 17.8 Å². The summed E-state index contributed by atoms with van der Waals surface area (Å²) in [4.78, 5) is 10.9. The van der Waals surface area contributed by atoms with Gasteiger partial charge in [0, 0.05) is 6.04 Å². The van der Waals surface area contributed by atoms with E-state index in [1.807, 2.05) is 0 Å². The van der Waals surface area contributed by atoms with Gasteiger partial charge in [0.2, 0.25) is 0 Å². The maximum atomic E-state index is 12.7. The van der Waals surface area contributed by atoms with Gasteiger partial charge in [-0.25, -0.2) is 0 Å². The Labute approximate surface area is 123 Å². The van der Waals surface area contributed by atoms with E-state index in [0.717, 1.165) is 25.8 Å². The molecule has 2 saturated carbocycles. The van der Waals surface area contributed by atoms with Gasteiger partial charge in [0.25, 0.3) is 0 Å². The molecule has 2 atom stereocenters. The van der Waals surface area contributed by atoms with Crippen molar-refractivity contribution in [1.29, 1.82) is 0 Å².